The molecule has 0 saturated carbocycles. The second kappa shape index (κ2) is 9.66. The molecular formula is C22H29NO5. The SMILES string of the molecule is COc1ccc(OCC(O)CNC2CCc3cc(OC)c(OC)cc3C2)cc1. The minimum absolute atomic E-state index is 0.244. The van der Waals surface area contributed by atoms with Gasteiger partial charge in [0, 0.05) is 12.6 Å². The fourth-order valence-corrected chi connectivity index (χ4v) is 3.48. The van der Waals surface area contributed by atoms with Crippen molar-refractivity contribution < 1.29 is 24.1 Å². The van der Waals surface area contributed by atoms with Crippen molar-refractivity contribution >= 4 is 0 Å². The van der Waals surface area contributed by atoms with Gasteiger partial charge in [0.15, 0.2) is 11.5 Å². The smallest absolute Gasteiger partial charge is 0.161 e. The Hall–Kier alpha value is -2.44. The van der Waals surface area contributed by atoms with Crippen LogP contribution in [0.3, 0.4) is 0 Å². The van der Waals surface area contributed by atoms with Gasteiger partial charge in [-0.25, -0.2) is 0 Å². The molecule has 0 aromatic heterocycles. The van der Waals surface area contributed by atoms with Crippen LogP contribution in [0.1, 0.15) is 17.5 Å². The van der Waals surface area contributed by atoms with Gasteiger partial charge in [-0.3, -0.25) is 0 Å². The molecule has 2 aromatic carbocycles. The van der Waals surface area contributed by atoms with Gasteiger partial charge in [0.1, 0.15) is 24.2 Å². The molecule has 2 aromatic rings. The average molecular weight is 387 g/mol. The van der Waals surface area contributed by atoms with Crippen molar-refractivity contribution in [3.8, 4) is 23.0 Å². The highest BCUT2D eigenvalue weighted by Crippen LogP contribution is 2.34. The highest BCUT2D eigenvalue weighted by atomic mass is 16.5. The van der Waals surface area contributed by atoms with Crippen LogP contribution in [0.5, 0.6) is 23.0 Å². The molecule has 0 spiro atoms. The summed E-state index contributed by atoms with van der Waals surface area (Å²) < 4.78 is 21.6. The van der Waals surface area contributed by atoms with E-state index >= 15 is 0 Å². The van der Waals surface area contributed by atoms with Gasteiger partial charge < -0.3 is 29.4 Å². The Labute approximate surface area is 166 Å². The Morgan fingerprint density at radius 2 is 1.61 bits per heavy atom. The third kappa shape index (κ3) is 5.09. The minimum atomic E-state index is -0.575. The standard InChI is InChI=1S/C22H29NO5/c1-25-19-6-8-20(9-7-19)28-14-18(24)13-23-17-5-4-15-11-21(26-2)22(27-3)12-16(15)10-17/h6-9,11-12,17-18,23-24H,4-5,10,13-14H2,1-3H3. The predicted octanol–water partition coefficient (Wildman–Crippen LogP) is 2.60. The Balaban J connectivity index is 1.47. The molecule has 0 radical (unpaired) electrons. The predicted molar refractivity (Wildman–Crippen MR) is 108 cm³/mol. The van der Waals surface area contributed by atoms with Crippen LogP contribution in [-0.2, 0) is 12.8 Å². The van der Waals surface area contributed by atoms with Crippen molar-refractivity contribution in [3.63, 3.8) is 0 Å². The summed E-state index contributed by atoms with van der Waals surface area (Å²) in [7, 11) is 4.94. The van der Waals surface area contributed by atoms with Gasteiger partial charge in [-0.2, -0.15) is 0 Å². The summed E-state index contributed by atoms with van der Waals surface area (Å²) in [6.07, 6.45) is 2.33. The summed E-state index contributed by atoms with van der Waals surface area (Å²) in [5.41, 5.74) is 2.57. The van der Waals surface area contributed by atoms with Crippen molar-refractivity contribution in [2.24, 2.45) is 0 Å². The molecule has 0 amide bonds. The zero-order valence-electron chi connectivity index (χ0n) is 16.7. The maximum Gasteiger partial charge on any atom is 0.161 e. The zero-order valence-corrected chi connectivity index (χ0v) is 16.7. The molecular weight excluding hydrogens is 358 g/mol. The molecule has 3 rings (SSSR count). The summed E-state index contributed by atoms with van der Waals surface area (Å²) in [5, 5.41) is 13.7. The van der Waals surface area contributed by atoms with Crippen molar-refractivity contribution in [1.29, 1.82) is 0 Å². The number of aliphatic hydroxyl groups excluding tert-OH is 1. The number of aryl methyl sites for hydroxylation is 1. The highest BCUT2D eigenvalue weighted by Gasteiger charge is 2.21. The molecule has 2 N–H and O–H groups in total. The van der Waals surface area contributed by atoms with Crippen LogP contribution in [0.4, 0.5) is 0 Å². The van der Waals surface area contributed by atoms with Gasteiger partial charge in [0.25, 0.3) is 0 Å². The summed E-state index contributed by atoms with van der Waals surface area (Å²) in [6, 6.07) is 11.8. The van der Waals surface area contributed by atoms with Gasteiger partial charge in [0.05, 0.1) is 21.3 Å². The number of rotatable bonds is 9. The van der Waals surface area contributed by atoms with E-state index in [9.17, 15) is 5.11 Å². The first kappa shape index (κ1) is 20.3. The third-order valence-electron chi connectivity index (χ3n) is 5.08. The fourth-order valence-electron chi connectivity index (χ4n) is 3.48. The molecule has 2 unspecified atom stereocenters. The molecule has 28 heavy (non-hydrogen) atoms. The number of fused-ring (bicyclic) bond motifs is 1. The van der Waals surface area contributed by atoms with Crippen LogP contribution in [0.15, 0.2) is 36.4 Å². The van der Waals surface area contributed by atoms with Gasteiger partial charge in [-0.05, 0) is 66.8 Å². The first-order valence-electron chi connectivity index (χ1n) is 9.55. The molecule has 6 heteroatoms. The lowest BCUT2D eigenvalue weighted by Crippen LogP contribution is -2.40. The lowest BCUT2D eigenvalue weighted by molar-refractivity contribution is 0.103. The summed E-state index contributed by atoms with van der Waals surface area (Å²) in [5.74, 6) is 3.03. The molecule has 0 fully saturated rings. The van der Waals surface area contributed by atoms with Gasteiger partial charge in [-0.15, -0.1) is 0 Å². The summed E-state index contributed by atoms with van der Waals surface area (Å²) in [6.45, 7) is 0.733. The van der Waals surface area contributed by atoms with Crippen molar-refractivity contribution in [3.05, 3.63) is 47.5 Å². The lowest BCUT2D eigenvalue weighted by Gasteiger charge is -2.27. The van der Waals surface area contributed by atoms with Gasteiger partial charge in [-0.1, -0.05) is 0 Å². The van der Waals surface area contributed by atoms with Crippen LogP contribution in [0, 0.1) is 0 Å². The molecule has 2 atom stereocenters. The van der Waals surface area contributed by atoms with E-state index in [0.29, 0.717) is 18.3 Å². The third-order valence-corrected chi connectivity index (χ3v) is 5.08. The van der Waals surface area contributed by atoms with Crippen molar-refractivity contribution in [2.75, 3.05) is 34.5 Å². The number of benzene rings is 2. The number of ether oxygens (including phenoxy) is 4. The van der Waals surface area contributed by atoms with E-state index in [2.05, 4.69) is 17.4 Å². The number of hydrogen-bond acceptors (Lipinski definition) is 6. The van der Waals surface area contributed by atoms with Gasteiger partial charge >= 0.3 is 0 Å². The topological polar surface area (TPSA) is 69.2 Å². The van der Waals surface area contributed by atoms with Crippen LogP contribution in [0.2, 0.25) is 0 Å². The van der Waals surface area contributed by atoms with Crippen molar-refractivity contribution in [1.82, 2.24) is 5.32 Å². The van der Waals surface area contributed by atoms with E-state index in [1.807, 2.05) is 24.3 Å². The molecule has 0 aliphatic heterocycles. The van der Waals surface area contributed by atoms with Crippen LogP contribution < -0.4 is 24.3 Å². The quantitative estimate of drug-likeness (QED) is 0.689. The molecule has 0 saturated heterocycles. The van der Waals surface area contributed by atoms with Gasteiger partial charge in [0.2, 0.25) is 0 Å². The number of aliphatic hydroxyl groups is 1. The van der Waals surface area contributed by atoms with E-state index in [1.54, 1.807) is 21.3 Å². The average Bonchev–Trinajstić information content (AvgIpc) is 2.75. The lowest BCUT2D eigenvalue weighted by atomic mass is 9.87. The second-order valence-corrected chi connectivity index (χ2v) is 6.96. The van der Waals surface area contributed by atoms with Crippen LogP contribution in [0.25, 0.3) is 0 Å². The molecule has 6 nitrogen and oxygen atoms in total. The van der Waals surface area contributed by atoms with Crippen molar-refractivity contribution in [2.45, 2.75) is 31.4 Å². The maximum atomic E-state index is 10.2. The van der Waals surface area contributed by atoms with E-state index in [1.165, 1.54) is 11.1 Å². The maximum absolute atomic E-state index is 10.2. The summed E-state index contributed by atoms with van der Waals surface area (Å²) >= 11 is 0. The van der Waals surface area contributed by atoms with Crippen LogP contribution >= 0.6 is 0 Å². The normalized spacial score (nSPS) is 16.8. The number of hydrogen-bond donors (Lipinski definition) is 2. The second-order valence-electron chi connectivity index (χ2n) is 6.96. The molecule has 1 aliphatic rings. The van der Waals surface area contributed by atoms with E-state index < -0.39 is 6.10 Å². The fraction of sp³-hybridized carbons (Fsp3) is 0.455. The Morgan fingerprint density at radius 3 is 2.25 bits per heavy atom. The first-order valence-corrected chi connectivity index (χ1v) is 9.55. The van der Waals surface area contributed by atoms with Crippen LogP contribution in [-0.4, -0.2) is 51.7 Å². The molecule has 152 valence electrons. The molecule has 0 bridgehead atoms. The largest absolute Gasteiger partial charge is 0.497 e. The number of methoxy groups -OCH3 is 3. The first-order chi connectivity index (χ1) is 13.6. The van der Waals surface area contributed by atoms with E-state index in [4.69, 9.17) is 18.9 Å². The van der Waals surface area contributed by atoms with E-state index in [-0.39, 0.29) is 6.61 Å². The Morgan fingerprint density at radius 1 is 0.964 bits per heavy atom. The molecule has 0 heterocycles. The zero-order chi connectivity index (χ0) is 19.9. The van der Waals surface area contributed by atoms with E-state index in [0.717, 1.165) is 36.5 Å². The highest BCUT2D eigenvalue weighted by molar-refractivity contribution is 5.48. The number of nitrogens with one attached hydrogen (secondary N) is 1. The summed E-state index contributed by atoms with van der Waals surface area (Å²) in [4.78, 5) is 0. The monoisotopic (exact) mass is 387 g/mol. The Bertz CT molecular complexity index is 762. The Kier molecular flexibility index (Phi) is 7.01. The minimum Gasteiger partial charge on any atom is -0.497 e. The molecule has 1 aliphatic carbocycles.